The zero-order valence-electron chi connectivity index (χ0n) is 18.8. The average molecular weight is 485 g/mol. The fraction of sp³-hybridized carbons (Fsp3) is 0.160. The zero-order chi connectivity index (χ0) is 25.4. The molecule has 0 aromatic heterocycles. The number of nitrogens with zero attached hydrogens (tertiary/aromatic N) is 1. The highest BCUT2D eigenvalue weighted by Crippen LogP contribution is 2.31. The molecule has 0 aliphatic heterocycles. The first-order chi connectivity index (χ1) is 16.8. The molecule has 0 unspecified atom stereocenters. The summed E-state index contributed by atoms with van der Waals surface area (Å²) in [6, 6.07) is 15.0. The third kappa shape index (κ3) is 6.76. The lowest BCUT2D eigenvalue weighted by atomic mass is 10.1. The van der Waals surface area contributed by atoms with E-state index in [1.165, 1.54) is 50.6 Å². The van der Waals surface area contributed by atoms with Gasteiger partial charge >= 0.3 is 6.61 Å². The first kappa shape index (κ1) is 25.2. The van der Waals surface area contributed by atoms with Gasteiger partial charge in [-0.25, -0.2) is 0 Å². The van der Waals surface area contributed by atoms with Crippen LogP contribution in [0.2, 0.25) is 0 Å². The highest BCUT2D eigenvalue weighted by molar-refractivity contribution is 6.07. The van der Waals surface area contributed by atoms with Gasteiger partial charge in [0.15, 0.2) is 28.8 Å². The summed E-state index contributed by atoms with van der Waals surface area (Å²) in [7, 11) is 2.76. The molecule has 10 heteroatoms. The number of halogens is 2. The Kier molecular flexibility index (Phi) is 8.33. The molecule has 0 aliphatic carbocycles. The van der Waals surface area contributed by atoms with Crippen LogP contribution < -0.4 is 18.9 Å². The number of nitro benzene ring substituents is 1. The number of alkyl halides is 2. The molecule has 0 bridgehead atoms. The van der Waals surface area contributed by atoms with E-state index in [2.05, 4.69) is 4.74 Å². The summed E-state index contributed by atoms with van der Waals surface area (Å²) < 4.78 is 45.5. The van der Waals surface area contributed by atoms with Crippen LogP contribution >= 0.6 is 0 Å². The molecule has 3 aromatic carbocycles. The van der Waals surface area contributed by atoms with Crippen molar-refractivity contribution in [3.63, 3.8) is 0 Å². The Balaban J connectivity index is 1.68. The Bertz CT molecular complexity index is 1230. The predicted octanol–water partition coefficient (Wildman–Crippen LogP) is 5.69. The van der Waals surface area contributed by atoms with Crippen LogP contribution in [0.25, 0.3) is 6.08 Å². The second-order valence-corrected chi connectivity index (χ2v) is 7.06. The number of nitro groups is 1. The highest BCUT2D eigenvalue weighted by Gasteiger charge is 2.13. The highest BCUT2D eigenvalue weighted by atomic mass is 19.3. The summed E-state index contributed by atoms with van der Waals surface area (Å²) in [5.41, 5.74) is 1.62. The molecule has 3 rings (SSSR count). The van der Waals surface area contributed by atoms with Crippen molar-refractivity contribution in [2.45, 2.75) is 13.2 Å². The van der Waals surface area contributed by atoms with Gasteiger partial charge in [0.05, 0.1) is 19.1 Å². The summed E-state index contributed by atoms with van der Waals surface area (Å²) in [6.07, 6.45) is 2.90. The first-order valence-corrected chi connectivity index (χ1v) is 10.2. The Labute approximate surface area is 199 Å². The predicted molar refractivity (Wildman–Crippen MR) is 123 cm³/mol. The number of ether oxygens (including phenoxy) is 4. The molecule has 0 saturated heterocycles. The molecule has 0 saturated carbocycles. The van der Waals surface area contributed by atoms with Gasteiger partial charge in [0.1, 0.15) is 6.61 Å². The van der Waals surface area contributed by atoms with Crippen LogP contribution in [0.15, 0.2) is 66.7 Å². The molecule has 0 fully saturated rings. The quantitative estimate of drug-likeness (QED) is 0.149. The minimum absolute atomic E-state index is 0.00658. The fourth-order valence-corrected chi connectivity index (χ4v) is 3.06. The van der Waals surface area contributed by atoms with Crippen molar-refractivity contribution in [3.05, 3.63) is 93.5 Å². The molecule has 0 aliphatic rings. The largest absolute Gasteiger partial charge is 0.493 e. The van der Waals surface area contributed by atoms with Crippen LogP contribution in [0.5, 0.6) is 23.0 Å². The van der Waals surface area contributed by atoms with Crippen molar-refractivity contribution >= 4 is 17.5 Å². The van der Waals surface area contributed by atoms with E-state index in [1.807, 2.05) is 0 Å². The molecular formula is C25H21F2NO7. The Morgan fingerprint density at radius 1 is 0.943 bits per heavy atom. The minimum atomic E-state index is -3.01. The van der Waals surface area contributed by atoms with Crippen LogP contribution in [0.3, 0.4) is 0 Å². The van der Waals surface area contributed by atoms with E-state index in [-0.39, 0.29) is 35.1 Å². The normalized spacial score (nSPS) is 10.9. The summed E-state index contributed by atoms with van der Waals surface area (Å²) >= 11 is 0. The molecule has 35 heavy (non-hydrogen) atoms. The fourth-order valence-electron chi connectivity index (χ4n) is 3.06. The summed E-state index contributed by atoms with van der Waals surface area (Å²) in [4.78, 5) is 22.8. The molecule has 0 atom stereocenters. The van der Waals surface area contributed by atoms with Gasteiger partial charge in [0.25, 0.3) is 5.69 Å². The van der Waals surface area contributed by atoms with Crippen LogP contribution in [0.1, 0.15) is 21.5 Å². The number of methoxy groups -OCH3 is 2. The van der Waals surface area contributed by atoms with E-state index >= 15 is 0 Å². The zero-order valence-corrected chi connectivity index (χ0v) is 18.8. The number of non-ortho nitro benzene ring substituents is 1. The van der Waals surface area contributed by atoms with E-state index in [4.69, 9.17) is 14.2 Å². The Morgan fingerprint density at radius 3 is 2.23 bits per heavy atom. The van der Waals surface area contributed by atoms with Crippen LogP contribution in [-0.4, -0.2) is 31.5 Å². The maximum Gasteiger partial charge on any atom is 0.387 e. The second-order valence-electron chi connectivity index (χ2n) is 7.06. The SMILES string of the molecule is COc1cc(/C=C/C(=O)c2ccc(OC(F)F)c(OC)c2)ccc1OCc1ccc([N+](=O)[O-])cc1. The van der Waals surface area contributed by atoms with Crippen molar-refractivity contribution in [2.24, 2.45) is 0 Å². The van der Waals surface area contributed by atoms with Crippen LogP contribution in [0.4, 0.5) is 14.5 Å². The Hall–Kier alpha value is -4.47. The smallest absolute Gasteiger partial charge is 0.387 e. The maximum atomic E-state index is 12.5. The summed E-state index contributed by atoms with van der Waals surface area (Å²) in [5, 5.41) is 10.8. The van der Waals surface area contributed by atoms with Crippen molar-refractivity contribution < 1.29 is 37.4 Å². The lowest BCUT2D eigenvalue weighted by Crippen LogP contribution is -2.04. The number of hydrogen-bond donors (Lipinski definition) is 0. The van der Waals surface area contributed by atoms with Gasteiger partial charge in [-0.3, -0.25) is 14.9 Å². The van der Waals surface area contributed by atoms with E-state index in [0.717, 1.165) is 5.56 Å². The van der Waals surface area contributed by atoms with E-state index in [0.29, 0.717) is 17.1 Å². The summed E-state index contributed by atoms with van der Waals surface area (Å²) in [5.74, 6) is 0.354. The third-order valence-corrected chi connectivity index (χ3v) is 4.82. The molecule has 0 spiro atoms. The van der Waals surface area contributed by atoms with E-state index in [9.17, 15) is 23.7 Å². The number of carbonyl (C=O) groups excluding carboxylic acids is 1. The molecule has 0 amide bonds. The van der Waals surface area contributed by atoms with Gasteiger partial charge in [-0.05, 0) is 59.7 Å². The molecule has 8 nitrogen and oxygen atoms in total. The Morgan fingerprint density at radius 2 is 1.60 bits per heavy atom. The summed E-state index contributed by atoms with van der Waals surface area (Å²) in [6.45, 7) is -2.84. The number of benzene rings is 3. The second kappa shape index (κ2) is 11.6. The topological polar surface area (TPSA) is 97.1 Å². The number of carbonyl (C=O) groups is 1. The molecule has 0 radical (unpaired) electrons. The van der Waals surface area contributed by atoms with E-state index < -0.39 is 11.5 Å². The standard InChI is InChI=1S/C25H21F2NO7/c1-32-23-13-16(6-11-21(23)34-15-17-3-8-19(9-4-17)28(30)31)5-10-20(29)18-7-12-22(35-25(26)27)24(14-18)33-2/h3-14,25H,15H2,1-2H3/b10-5+. The van der Waals surface area contributed by atoms with Crippen LogP contribution in [-0.2, 0) is 6.61 Å². The monoisotopic (exact) mass is 485 g/mol. The third-order valence-electron chi connectivity index (χ3n) is 4.82. The lowest BCUT2D eigenvalue weighted by Gasteiger charge is -2.11. The van der Waals surface area contributed by atoms with Gasteiger partial charge in [-0.2, -0.15) is 8.78 Å². The van der Waals surface area contributed by atoms with Crippen molar-refractivity contribution in [2.75, 3.05) is 14.2 Å². The molecule has 0 heterocycles. The number of rotatable bonds is 11. The van der Waals surface area contributed by atoms with Gasteiger partial charge in [0.2, 0.25) is 0 Å². The van der Waals surface area contributed by atoms with Crippen LogP contribution in [0, 0.1) is 10.1 Å². The van der Waals surface area contributed by atoms with Gasteiger partial charge in [-0.1, -0.05) is 12.1 Å². The molecule has 0 N–H and O–H groups in total. The van der Waals surface area contributed by atoms with Crippen molar-refractivity contribution in [1.82, 2.24) is 0 Å². The minimum Gasteiger partial charge on any atom is -0.493 e. The van der Waals surface area contributed by atoms with Crippen molar-refractivity contribution in [3.8, 4) is 23.0 Å². The number of ketones is 1. The van der Waals surface area contributed by atoms with Gasteiger partial charge < -0.3 is 18.9 Å². The molecule has 3 aromatic rings. The van der Waals surface area contributed by atoms with Crippen molar-refractivity contribution in [1.29, 1.82) is 0 Å². The number of allylic oxidation sites excluding steroid dienone is 1. The maximum absolute atomic E-state index is 12.5. The molecular weight excluding hydrogens is 464 g/mol. The molecule has 182 valence electrons. The first-order valence-electron chi connectivity index (χ1n) is 10.2. The lowest BCUT2D eigenvalue weighted by molar-refractivity contribution is -0.384. The van der Waals surface area contributed by atoms with Gasteiger partial charge in [-0.15, -0.1) is 0 Å². The van der Waals surface area contributed by atoms with Gasteiger partial charge in [0, 0.05) is 17.7 Å². The average Bonchev–Trinajstić information content (AvgIpc) is 2.86. The number of hydrogen-bond acceptors (Lipinski definition) is 7. The van der Waals surface area contributed by atoms with E-state index in [1.54, 1.807) is 36.4 Å².